The Morgan fingerprint density at radius 2 is 1.76 bits per heavy atom. The van der Waals surface area contributed by atoms with E-state index in [0.717, 1.165) is 16.9 Å². The van der Waals surface area contributed by atoms with Gasteiger partial charge in [-0.05, 0) is 29.8 Å². The molecule has 0 bridgehead atoms. The predicted molar refractivity (Wildman–Crippen MR) is 119 cm³/mol. The van der Waals surface area contributed by atoms with Gasteiger partial charge in [0.25, 0.3) is 0 Å². The zero-order valence-electron chi connectivity index (χ0n) is 15.1. The molecule has 0 N–H and O–H groups in total. The van der Waals surface area contributed by atoms with Crippen LogP contribution in [0.5, 0.6) is 0 Å². The molecule has 0 amide bonds. The molecule has 0 unspecified atom stereocenters. The first kappa shape index (κ1) is 19.6. The molecule has 4 rings (SSSR count). The monoisotopic (exact) mass is 439 g/mol. The summed E-state index contributed by atoms with van der Waals surface area (Å²) in [5, 5.41) is 15.1. The number of hydrogen-bond donors (Lipinski definition) is 0. The minimum absolute atomic E-state index is 0.526. The first-order valence-electron chi connectivity index (χ1n) is 8.72. The number of rotatable bonds is 6. The van der Waals surface area contributed by atoms with Gasteiger partial charge in [-0.25, -0.2) is 0 Å². The summed E-state index contributed by atoms with van der Waals surface area (Å²) in [5.41, 5.74) is 2.82. The molecule has 2 heterocycles. The average Bonchev–Trinajstić information content (AvgIpc) is 3.16. The van der Waals surface area contributed by atoms with Gasteiger partial charge >= 0.3 is 0 Å². The number of thioether (sulfide) groups is 1. The van der Waals surface area contributed by atoms with Gasteiger partial charge in [0.15, 0.2) is 5.82 Å². The smallest absolute Gasteiger partial charge is 0.212 e. The number of benzene rings is 2. The molecule has 8 heteroatoms. The molecule has 5 nitrogen and oxygen atoms in total. The molecule has 0 saturated heterocycles. The summed E-state index contributed by atoms with van der Waals surface area (Å²) < 4.78 is 1.72. The summed E-state index contributed by atoms with van der Waals surface area (Å²) in [6, 6.07) is 19.2. The molecule has 4 aromatic rings. The summed E-state index contributed by atoms with van der Waals surface area (Å²) in [4.78, 5) is 4.07. The van der Waals surface area contributed by atoms with Crippen molar-refractivity contribution in [2.24, 2.45) is 5.10 Å². The van der Waals surface area contributed by atoms with Crippen molar-refractivity contribution in [3.8, 4) is 11.4 Å². The first-order chi connectivity index (χ1) is 14.2. The summed E-state index contributed by atoms with van der Waals surface area (Å²) in [5.74, 6) is 1.39. The van der Waals surface area contributed by atoms with E-state index in [1.54, 1.807) is 47.2 Å². The largest absolute Gasteiger partial charge is 0.265 e. The third kappa shape index (κ3) is 4.85. The Kier molecular flexibility index (Phi) is 6.24. The number of nitrogens with zero attached hydrogens (tertiary/aromatic N) is 5. The van der Waals surface area contributed by atoms with Gasteiger partial charge in [0.05, 0.1) is 11.2 Å². The highest BCUT2D eigenvalue weighted by Gasteiger charge is 2.14. The Morgan fingerprint density at radius 3 is 2.52 bits per heavy atom. The Hall–Kier alpha value is -2.67. The Bertz CT molecular complexity index is 1130. The summed E-state index contributed by atoms with van der Waals surface area (Å²) in [6.07, 6.45) is 5.11. The Balaban J connectivity index is 1.68. The quantitative estimate of drug-likeness (QED) is 0.280. The second-order valence-electron chi connectivity index (χ2n) is 6.04. The first-order valence-corrected chi connectivity index (χ1v) is 10.5. The van der Waals surface area contributed by atoms with Crippen LogP contribution in [0.25, 0.3) is 11.4 Å². The van der Waals surface area contributed by atoms with Crippen molar-refractivity contribution < 1.29 is 0 Å². The fourth-order valence-electron chi connectivity index (χ4n) is 2.59. The third-order valence-corrected chi connectivity index (χ3v) is 5.59. The molecule has 0 aliphatic rings. The minimum Gasteiger partial charge on any atom is -0.265 e. The van der Waals surface area contributed by atoms with E-state index in [1.807, 2.05) is 36.4 Å². The second-order valence-corrected chi connectivity index (χ2v) is 7.82. The van der Waals surface area contributed by atoms with Gasteiger partial charge in [-0.2, -0.15) is 9.78 Å². The third-order valence-electron chi connectivity index (χ3n) is 4.04. The van der Waals surface area contributed by atoms with E-state index in [2.05, 4.69) is 32.4 Å². The van der Waals surface area contributed by atoms with Crippen molar-refractivity contribution in [2.75, 3.05) is 0 Å². The lowest BCUT2D eigenvalue weighted by molar-refractivity contribution is 0.772. The molecule has 0 aliphatic carbocycles. The van der Waals surface area contributed by atoms with E-state index in [4.69, 9.17) is 23.2 Å². The molecule has 0 spiro atoms. The molecular weight excluding hydrogens is 425 g/mol. The van der Waals surface area contributed by atoms with E-state index in [-0.39, 0.29) is 0 Å². The topological polar surface area (TPSA) is 56.0 Å². The van der Waals surface area contributed by atoms with Gasteiger partial charge in [-0.15, -0.1) is 10.2 Å². The van der Waals surface area contributed by atoms with Crippen molar-refractivity contribution in [3.63, 3.8) is 0 Å². The van der Waals surface area contributed by atoms with E-state index >= 15 is 0 Å². The summed E-state index contributed by atoms with van der Waals surface area (Å²) in [7, 11) is 0. The highest BCUT2D eigenvalue weighted by Crippen LogP contribution is 2.26. The van der Waals surface area contributed by atoms with E-state index in [9.17, 15) is 0 Å². The maximum Gasteiger partial charge on any atom is 0.212 e. The lowest BCUT2D eigenvalue weighted by Crippen LogP contribution is -1.97. The van der Waals surface area contributed by atoms with Crippen LogP contribution in [0.3, 0.4) is 0 Å². The van der Waals surface area contributed by atoms with Crippen LogP contribution in [0, 0.1) is 0 Å². The highest BCUT2D eigenvalue weighted by atomic mass is 35.5. The molecule has 0 saturated carbocycles. The minimum atomic E-state index is 0.526. The normalized spacial score (nSPS) is 11.2. The van der Waals surface area contributed by atoms with E-state index in [0.29, 0.717) is 21.0 Å². The van der Waals surface area contributed by atoms with Crippen LogP contribution in [-0.2, 0) is 5.75 Å². The number of aromatic nitrogens is 4. The van der Waals surface area contributed by atoms with Crippen LogP contribution in [0.4, 0.5) is 0 Å². The molecular formula is C21H15Cl2N5S. The van der Waals surface area contributed by atoms with Crippen molar-refractivity contribution >= 4 is 41.2 Å². The fraction of sp³-hybridized carbons (Fsp3) is 0.0476. The van der Waals surface area contributed by atoms with Gasteiger partial charge < -0.3 is 0 Å². The van der Waals surface area contributed by atoms with Gasteiger partial charge in [0.2, 0.25) is 5.16 Å². The molecule has 29 heavy (non-hydrogen) atoms. The maximum atomic E-state index is 6.28. The standard InChI is InChI=1S/C21H15Cl2N5S/c22-18-7-6-17(19(23)12-18)13-25-28-20(16-8-10-24-11-9-16)26-27-21(28)29-14-15-4-2-1-3-5-15/h1-13H,14H2. The number of halogens is 2. The lowest BCUT2D eigenvalue weighted by Gasteiger charge is -2.05. The van der Waals surface area contributed by atoms with Gasteiger partial charge in [-0.3, -0.25) is 4.98 Å². The van der Waals surface area contributed by atoms with Gasteiger partial charge in [-0.1, -0.05) is 71.4 Å². The van der Waals surface area contributed by atoms with Crippen LogP contribution < -0.4 is 0 Å². The number of hydrogen-bond acceptors (Lipinski definition) is 5. The van der Waals surface area contributed by atoms with Crippen molar-refractivity contribution in [1.29, 1.82) is 0 Å². The van der Waals surface area contributed by atoms with Crippen molar-refractivity contribution in [2.45, 2.75) is 10.9 Å². The van der Waals surface area contributed by atoms with Crippen LogP contribution in [0.2, 0.25) is 10.0 Å². The molecule has 144 valence electrons. The van der Waals surface area contributed by atoms with E-state index < -0.39 is 0 Å². The molecule has 0 atom stereocenters. The average molecular weight is 440 g/mol. The molecule has 0 radical (unpaired) electrons. The van der Waals surface area contributed by atoms with Crippen LogP contribution in [0.15, 0.2) is 83.3 Å². The van der Waals surface area contributed by atoms with Crippen LogP contribution >= 0.6 is 35.0 Å². The molecule has 0 aliphatic heterocycles. The summed E-state index contributed by atoms with van der Waals surface area (Å²) in [6.45, 7) is 0. The lowest BCUT2D eigenvalue weighted by atomic mass is 10.2. The van der Waals surface area contributed by atoms with Gasteiger partial charge in [0.1, 0.15) is 0 Å². The maximum absolute atomic E-state index is 6.28. The Morgan fingerprint density at radius 1 is 0.966 bits per heavy atom. The highest BCUT2D eigenvalue weighted by molar-refractivity contribution is 7.98. The molecule has 0 fully saturated rings. The summed E-state index contributed by atoms with van der Waals surface area (Å²) >= 11 is 13.8. The predicted octanol–water partition coefficient (Wildman–Crippen LogP) is 5.82. The zero-order chi connectivity index (χ0) is 20.1. The van der Waals surface area contributed by atoms with E-state index in [1.165, 1.54) is 5.56 Å². The SMILES string of the molecule is Clc1ccc(C=Nn2c(SCc3ccccc3)nnc2-c2ccncc2)c(Cl)c1. The van der Waals surface area contributed by atoms with Gasteiger partial charge in [0, 0.05) is 34.3 Å². The fourth-order valence-corrected chi connectivity index (χ4v) is 3.89. The van der Waals surface area contributed by atoms with Crippen LogP contribution in [0.1, 0.15) is 11.1 Å². The van der Waals surface area contributed by atoms with Crippen molar-refractivity contribution in [1.82, 2.24) is 19.9 Å². The van der Waals surface area contributed by atoms with Crippen molar-refractivity contribution in [3.05, 3.63) is 94.2 Å². The molecule has 2 aromatic heterocycles. The zero-order valence-corrected chi connectivity index (χ0v) is 17.4. The van der Waals surface area contributed by atoms with Crippen LogP contribution in [-0.4, -0.2) is 26.1 Å². The number of pyridine rings is 1. The Labute approximate surface area is 182 Å². The second kappa shape index (κ2) is 9.22. The molecule has 2 aromatic carbocycles.